The molecule has 172 valence electrons. The van der Waals surface area contributed by atoms with Crippen LogP contribution < -0.4 is 10.6 Å². The summed E-state index contributed by atoms with van der Waals surface area (Å²) < 4.78 is 10.7. The molecule has 13 heteroatoms. The Morgan fingerprint density at radius 3 is 2.53 bits per heavy atom. The molecule has 1 aromatic heterocycles. The highest BCUT2D eigenvalue weighted by Crippen LogP contribution is 2.05. The van der Waals surface area contributed by atoms with E-state index in [4.69, 9.17) is 4.74 Å². The minimum Gasteiger partial charge on any atom is -0.480 e. The Labute approximate surface area is 183 Å². The largest absolute Gasteiger partial charge is 0.480 e. The Morgan fingerprint density at radius 2 is 1.88 bits per heavy atom. The lowest BCUT2D eigenvalue weighted by atomic mass is 10.1. The van der Waals surface area contributed by atoms with Gasteiger partial charge in [0.25, 0.3) is 0 Å². The van der Waals surface area contributed by atoms with E-state index >= 15 is 0 Å². The first-order valence-corrected chi connectivity index (χ1v) is 9.62. The molecule has 0 saturated heterocycles. The zero-order valence-corrected chi connectivity index (χ0v) is 17.6. The molecule has 0 aliphatic heterocycles. The zero-order valence-electron chi connectivity index (χ0n) is 17.6. The van der Waals surface area contributed by atoms with Crippen LogP contribution >= 0.6 is 0 Å². The monoisotopic (exact) mass is 448 g/mol. The average Bonchev–Trinajstić information content (AvgIpc) is 3.21. The molecule has 2 rings (SSSR count). The number of rotatable bonds is 11. The Morgan fingerprint density at radius 1 is 1.16 bits per heavy atom. The SMILES string of the molecule is COC(=O)[C@@H](C)NC(=O)Cn1nnnc1CC[C@H](NC(=O)OCc1ccccc1)C(=O)O. The molecule has 2 amide bonds. The minimum atomic E-state index is -1.26. The van der Waals surface area contributed by atoms with Crippen molar-refractivity contribution in [3.63, 3.8) is 0 Å². The number of carbonyl (C=O) groups is 4. The van der Waals surface area contributed by atoms with Crippen LogP contribution in [-0.2, 0) is 43.4 Å². The van der Waals surface area contributed by atoms with E-state index in [0.717, 1.165) is 5.56 Å². The van der Waals surface area contributed by atoms with E-state index in [1.165, 1.54) is 18.7 Å². The molecule has 3 N–H and O–H groups in total. The molecule has 2 atom stereocenters. The van der Waals surface area contributed by atoms with Gasteiger partial charge in [-0.1, -0.05) is 30.3 Å². The van der Waals surface area contributed by atoms with E-state index < -0.39 is 36.0 Å². The number of ether oxygens (including phenoxy) is 2. The van der Waals surface area contributed by atoms with Gasteiger partial charge in [-0.15, -0.1) is 5.10 Å². The topological polar surface area (TPSA) is 175 Å². The molecule has 0 saturated carbocycles. The molecule has 0 bridgehead atoms. The Bertz CT molecular complexity index is 933. The van der Waals surface area contributed by atoms with Gasteiger partial charge in [0, 0.05) is 6.42 Å². The van der Waals surface area contributed by atoms with Gasteiger partial charge in [-0.25, -0.2) is 19.1 Å². The van der Waals surface area contributed by atoms with Crippen LogP contribution in [0.3, 0.4) is 0 Å². The first-order valence-electron chi connectivity index (χ1n) is 9.62. The number of nitrogens with one attached hydrogen (secondary N) is 2. The van der Waals surface area contributed by atoms with Gasteiger partial charge in [0.2, 0.25) is 5.91 Å². The van der Waals surface area contributed by atoms with Crippen LogP contribution in [0.4, 0.5) is 4.79 Å². The maximum absolute atomic E-state index is 12.1. The lowest BCUT2D eigenvalue weighted by Gasteiger charge is -2.15. The van der Waals surface area contributed by atoms with Crippen molar-refractivity contribution in [3.8, 4) is 0 Å². The van der Waals surface area contributed by atoms with E-state index in [9.17, 15) is 24.3 Å². The number of aryl methyl sites for hydroxylation is 1. The molecule has 0 radical (unpaired) electrons. The fourth-order valence-corrected chi connectivity index (χ4v) is 2.62. The van der Waals surface area contributed by atoms with Gasteiger partial charge in [-0.2, -0.15) is 0 Å². The molecular formula is C19H24N6O7. The quantitative estimate of drug-likeness (QED) is 0.386. The molecule has 0 unspecified atom stereocenters. The van der Waals surface area contributed by atoms with Gasteiger partial charge < -0.3 is 25.2 Å². The number of benzene rings is 1. The molecule has 0 fully saturated rings. The maximum atomic E-state index is 12.1. The van der Waals surface area contributed by atoms with E-state index in [1.807, 2.05) is 6.07 Å². The minimum absolute atomic E-state index is 0.00360. The third-order valence-electron chi connectivity index (χ3n) is 4.29. The molecule has 13 nitrogen and oxygen atoms in total. The lowest BCUT2D eigenvalue weighted by molar-refractivity contribution is -0.144. The summed E-state index contributed by atoms with van der Waals surface area (Å²) in [6.07, 6.45) is -0.865. The number of alkyl carbamates (subject to hydrolysis) is 1. The highest BCUT2D eigenvalue weighted by atomic mass is 16.5. The molecule has 32 heavy (non-hydrogen) atoms. The summed E-state index contributed by atoms with van der Waals surface area (Å²) in [4.78, 5) is 46.9. The Kier molecular flexibility index (Phi) is 9.07. The van der Waals surface area contributed by atoms with Crippen molar-refractivity contribution >= 4 is 23.9 Å². The number of hydrogen-bond acceptors (Lipinski definition) is 9. The Hall–Kier alpha value is -4.03. The zero-order chi connectivity index (χ0) is 23.5. The molecule has 0 aliphatic rings. The number of hydrogen-bond donors (Lipinski definition) is 3. The second-order valence-electron chi connectivity index (χ2n) is 6.70. The molecule has 0 aliphatic carbocycles. The Balaban J connectivity index is 1.87. The van der Waals surface area contributed by atoms with Crippen molar-refractivity contribution in [3.05, 3.63) is 41.7 Å². The number of nitrogens with zero attached hydrogens (tertiary/aromatic N) is 4. The number of aliphatic carboxylic acids is 1. The van der Waals surface area contributed by atoms with Gasteiger partial charge in [0.15, 0.2) is 5.82 Å². The lowest BCUT2D eigenvalue weighted by Crippen LogP contribution is -2.42. The average molecular weight is 448 g/mol. The van der Waals surface area contributed by atoms with Crippen molar-refractivity contribution in [1.29, 1.82) is 0 Å². The number of tetrazole rings is 1. The number of esters is 1. The molecular weight excluding hydrogens is 424 g/mol. The summed E-state index contributed by atoms with van der Waals surface area (Å²) in [5.74, 6) is -2.17. The predicted octanol–water partition coefficient (Wildman–Crippen LogP) is -0.337. The molecule has 0 spiro atoms. The summed E-state index contributed by atoms with van der Waals surface area (Å²) in [5, 5.41) is 25.1. The van der Waals surface area contributed by atoms with Crippen molar-refractivity contribution < 1.29 is 33.8 Å². The van der Waals surface area contributed by atoms with Crippen molar-refractivity contribution in [2.75, 3.05) is 7.11 Å². The smallest absolute Gasteiger partial charge is 0.408 e. The van der Waals surface area contributed by atoms with Crippen LogP contribution in [0.1, 0.15) is 24.7 Å². The molecule has 1 heterocycles. The van der Waals surface area contributed by atoms with Crippen LogP contribution in [0, 0.1) is 0 Å². The van der Waals surface area contributed by atoms with E-state index in [-0.39, 0.29) is 31.8 Å². The summed E-state index contributed by atoms with van der Waals surface area (Å²) >= 11 is 0. The number of aromatic nitrogens is 4. The predicted molar refractivity (Wildman–Crippen MR) is 107 cm³/mol. The standard InChI is InChI=1S/C19H24N6O7/c1-12(18(29)31-2)20-16(26)10-25-15(22-23-24-25)9-8-14(17(27)28)21-19(30)32-11-13-6-4-3-5-7-13/h3-7,12,14H,8-11H2,1-2H3,(H,20,26)(H,21,30)(H,27,28)/t12-,14+/m1/s1. The van der Waals surface area contributed by atoms with Gasteiger partial charge in [-0.05, 0) is 29.3 Å². The van der Waals surface area contributed by atoms with E-state index in [1.54, 1.807) is 24.3 Å². The highest BCUT2D eigenvalue weighted by molar-refractivity contribution is 5.84. The number of amides is 2. The third-order valence-corrected chi connectivity index (χ3v) is 4.29. The van der Waals surface area contributed by atoms with Crippen molar-refractivity contribution in [2.24, 2.45) is 0 Å². The van der Waals surface area contributed by atoms with E-state index in [0.29, 0.717) is 0 Å². The van der Waals surface area contributed by atoms with Gasteiger partial charge in [0.05, 0.1) is 7.11 Å². The number of carboxylic acid groups (broad SMARTS) is 1. The second-order valence-corrected chi connectivity index (χ2v) is 6.70. The molecule has 2 aromatic rings. The van der Waals surface area contributed by atoms with Crippen LogP contribution in [0.2, 0.25) is 0 Å². The summed E-state index contributed by atoms with van der Waals surface area (Å²) in [7, 11) is 1.20. The first-order chi connectivity index (χ1) is 15.3. The fourth-order valence-electron chi connectivity index (χ4n) is 2.62. The van der Waals surface area contributed by atoms with E-state index in [2.05, 4.69) is 30.9 Å². The van der Waals surface area contributed by atoms with Gasteiger partial charge in [0.1, 0.15) is 25.2 Å². The first kappa shape index (κ1) is 24.2. The highest BCUT2D eigenvalue weighted by Gasteiger charge is 2.23. The molecule has 1 aromatic carbocycles. The normalized spacial score (nSPS) is 12.3. The maximum Gasteiger partial charge on any atom is 0.408 e. The van der Waals surface area contributed by atoms with Gasteiger partial charge in [-0.3, -0.25) is 4.79 Å². The summed E-state index contributed by atoms with van der Waals surface area (Å²) in [5.41, 5.74) is 0.758. The second kappa shape index (κ2) is 12.0. The number of carbonyl (C=O) groups excluding carboxylic acids is 3. The van der Waals surface area contributed by atoms with Crippen LogP contribution in [0.5, 0.6) is 0 Å². The van der Waals surface area contributed by atoms with Crippen LogP contribution in [0.15, 0.2) is 30.3 Å². The fraction of sp³-hybridized carbons (Fsp3) is 0.421. The van der Waals surface area contributed by atoms with Gasteiger partial charge >= 0.3 is 18.0 Å². The third kappa shape index (κ3) is 7.66. The van der Waals surface area contributed by atoms with Crippen LogP contribution in [-0.4, -0.2) is 68.4 Å². The summed E-state index contributed by atoms with van der Waals surface area (Å²) in [6.45, 7) is 1.18. The van der Waals surface area contributed by atoms with Crippen molar-refractivity contribution in [1.82, 2.24) is 30.8 Å². The van der Waals surface area contributed by atoms with Crippen molar-refractivity contribution in [2.45, 2.75) is 45.0 Å². The van der Waals surface area contributed by atoms with Crippen LogP contribution in [0.25, 0.3) is 0 Å². The number of carboxylic acids is 1. The summed E-state index contributed by atoms with van der Waals surface area (Å²) in [6, 6.07) is 6.83. The number of methoxy groups -OCH3 is 1.